The Morgan fingerprint density at radius 2 is 2.17 bits per heavy atom. The lowest BCUT2D eigenvalue weighted by Crippen LogP contribution is -2.31. The van der Waals surface area contributed by atoms with Crippen molar-refractivity contribution in [3.63, 3.8) is 0 Å². The Balaban J connectivity index is 1.67. The van der Waals surface area contributed by atoms with Gasteiger partial charge in [0.25, 0.3) is 0 Å². The summed E-state index contributed by atoms with van der Waals surface area (Å²) in [6.45, 7) is 1.70. The number of aromatic hydroxyl groups is 1. The van der Waals surface area contributed by atoms with Crippen molar-refractivity contribution < 1.29 is 29.0 Å². The fraction of sp³-hybridized carbons (Fsp3) is 0.333. The lowest BCUT2D eigenvalue weighted by atomic mass is 9.84. The number of phenolic OH excluding ortho intramolecular Hbond substituents is 1. The van der Waals surface area contributed by atoms with E-state index in [1.54, 1.807) is 30.2 Å². The lowest BCUT2D eigenvalue weighted by Gasteiger charge is -2.20. The highest BCUT2D eigenvalue weighted by atomic mass is 35.5. The van der Waals surface area contributed by atoms with Crippen molar-refractivity contribution in [1.82, 2.24) is 4.90 Å². The van der Waals surface area contributed by atoms with Gasteiger partial charge in [0.05, 0.1) is 35.7 Å². The SMILES string of the molecule is CCOC(=O)COc1cc(O)c(C(=O)CN2C=C3C=CC(C#N)C(=O)C3C2)cc1Cl. The molecule has 8 nitrogen and oxygen atoms in total. The highest BCUT2D eigenvalue weighted by Crippen LogP contribution is 2.34. The van der Waals surface area contributed by atoms with Gasteiger partial charge in [-0.25, -0.2) is 4.79 Å². The maximum absolute atomic E-state index is 12.7. The molecule has 1 heterocycles. The zero-order valence-electron chi connectivity index (χ0n) is 16.1. The van der Waals surface area contributed by atoms with E-state index in [4.69, 9.17) is 26.3 Å². The van der Waals surface area contributed by atoms with Gasteiger partial charge < -0.3 is 19.5 Å². The molecule has 0 amide bonds. The smallest absolute Gasteiger partial charge is 0.344 e. The van der Waals surface area contributed by atoms with Crippen molar-refractivity contribution in [3.05, 3.63) is 46.6 Å². The third kappa shape index (κ3) is 4.47. The predicted molar refractivity (Wildman–Crippen MR) is 106 cm³/mol. The Bertz CT molecular complexity index is 994. The second-order valence-electron chi connectivity index (χ2n) is 6.80. The average molecular weight is 431 g/mol. The summed E-state index contributed by atoms with van der Waals surface area (Å²) in [7, 11) is 0. The van der Waals surface area contributed by atoms with E-state index in [1.807, 2.05) is 6.07 Å². The lowest BCUT2D eigenvalue weighted by molar-refractivity contribution is -0.145. The summed E-state index contributed by atoms with van der Waals surface area (Å²) in [5.41, 5.74) is 0.748. The van der Waals surface area contributed by atoms with Crippen LogP contribution >= 0.6 is 11.6 Å². The van der Waals surface area contributed by atoms with Gasteiger partial charge in [-0.1, -0.05) is 23.8 Å². The van der Waals surface area contributed by atoms with Crippen molar-refractivity contribution in [2.24, 2.45) is 11.8 Å². The fourth-order valence-corrected chi connectivity index (χ4v) is 3.55. The summed E-state index contributed by atoms with van der Waals surface area (Å²) < 4.78 is 9.98. The molecule has 30 heavy (non-hydrogen) atoms. The van der Waals surface area contributed by atoms with Crippen LogP contribution in [0.5, 0.6) is 11.5 Å². The van der Waals surface area contributed by atoms with Crippen molar-refractivity contribution in [3.8, 4) is 17.6 Å². The normalized spacial score (nSPS) is 19.7. The summed E-state index contributed by atoms with van der Waals surface area (Å²) in [5.74, 6) is -2.68. The van der Waals surface area contributed by atoms with Crippen LogP contribution in [0, 0.1) is 23.2 Å². The number of esters is 1. The van der Waals surface area contributed by atoms with Crippen LogP contribution < -0.4 is 4.74 Å². The molecule has 0 saturated heterocycles. The standard InChI is InChI=1S/C21H19ClN2O6/c1-2-29-20(27)11-30-19-6-17(25)14(5-16(19)22)18(26)10-24-8-13-4-3-12(7-23)21(28)15(13)9-24/h3-6,8,12,15,25H,2,9-11H2,1H3. The van der Waals surface area contributed by atoms with Crippen LogP contribution in [0.3, 0.4) is 0 Å². The first-order valence-electron chi connectivity index (χ1n) is 9.25. The third-order valence-corrected chi connectivity index (χ3v) is 5.06. The topological polar surface area (TPSA) is 117 Å². The van der Waals surface area contributed by atoms with Gasteiger partial charge in [-0.3, -0.25) is 9.59 Å². The molecule has 0 spiro atoms. The molecule has 2 atom stereocenters. The maximum atomic E-state index is 12.7. The van der Waals surface area contributed by atoms with Gasteiger partial charge in [0.1, 0.15) is 17.4 Å². The molecular weight excluding hydrogens is 412 g/mol. The Morgan fingerprint density at radius 1 is 1.40 bits per heavy atom. The van der Waals surface area contributed by atoms with Crippen molar-refractivity contribution in [2.75, 3.05) is 26.3 Å². The van der Waals surface area contributed by atoms with E-state index < -0.39 is 23.6 Å². The van der Waals surface area contributed by atoms with Crippen molar-refractivity contribution >= 4 is 29.1 Å². The monoisotopic (exact) mass is 430 g/mol. The number of carbonyl (C=O) groups is 3. The summed E-state index contributed by atoms with van der Waals surface area (Å²) in [5, 5.41) is 19.3. The quantitative estimate of drug-likeness (QED) is 0.517. The zero-order valence-corrected chi connectivity index (χ0v) is 16.9. The number of fused-ring (bicyclic) bond motifs is 1. The minimum Gasteiger partial charge on any atom is -0.507 e. The summed E-state index contributed by atoms with van der Waals surface area (Å²) in [6.07, 6.45) is 4.99. The fourth-order valence-electron chi connectivity index (χ4n) is 3.33. The minimum atomic E-state index is -0.771. The number of nitriles is 1. The van der Waals surface area contributed by atoms with Crippen LogP contribution in [-0.2, 0) is 14.3 Å². The van der Waals surface area contributed by atoms with Gasteiger partial charge in [-0.15, -0.1) is 0 Å². The molecule has 0 aromatic heterocycles. The van der Waals surface area contributed by atoms with E-state index in [2.05, 4.69) is 0 Å². The average Bonchev–Trinajstić information content (AvgIpc) is 3.12. The second kappa shape index (κ2) is 9.01. The maximum Gasteiger partial charge on any atom is 0.344 e. The van der Waals surface area contributed by atoms with E-state index in [0.717, 1.165) is 5.57 Å². The molecule has 1 aromatic rings. The number of hydrogen-bond acceptors (Lipinski definition) is 8. The van der Waals surface area contributed by atoms with E-state index in [1.165, 1.54) is 12.1 Å². The Morgan fingerprint density at radius 3 is 2.87 bits per heavy atom. The summed E-state index contributed by atoms with van der Waals surface area (Å²) >= 11 is 6.12. The number of Topliss-reactive ketones (excluding diaryl/α,β-unsaturated/α-hetero) is 2. The van der Waals surface area contributed by atoms with E-state index in [-0.39, 0.29) is 54.2 Å². The highest BCUT2D eigenvalue weighted by Gasteiger charge is 2.36. The van der Waals surface area contributed by atoms with Gasteiger partial charge in [0.2, 0.25) is 0 Å². The highest BCUT2D eigenvalue weighted by molar-refractivity contribution is 6.32. The number of phenols is 1. The first-order valence-corrected chi connectivity index (χ1v) is 9.63. The van der Waals surface area contributed by atoms with Crippen molar-refractivity contribution in [2.45, 2.75) is 6.92 Å². The molecule has 2 unspecified atom stereocenters. The number of carbonyl (C=O) groups excluding carboxylic acids is 3. The van der Waals surface area contributed by atoms with E-state index in [0.29, 0.717) is 0 Å². The molecule has 1 N–H and O–H groups in total. The molecule has 2 aliphatic rings. The minimum absolute atomic E-state index is 0.00599. The van der Waals surface area contributed by atoms with Crippen LogP contribution in [0.4, 0.5) is 0 Å². The third-order valence-electron chi connectivity index (χ3n) is 4.77. The number of halogens is 1. The summed E-state index contributed by atoms with van der Waals surface area (Å²) in [4.78, 5) is 38.0. The van der Waals surface area contributed by atoms with E-state index >= 15 is 0 Å². The molecule has 1 aliphatic carbocycles. The van der Waals surface area contributed by atoms with E-state index in [9.17, 15) is 19.5 Å². The Kier molecular flexibility index (Phi) is 6.43. The van der Waals surface area contributed by atoms with Crippen LogP contribution in [0.25, 0.3) is 0 Å². The second-order valence-corrected chi connectivity index (χ2v) is 7.20. The van der Waals surface area contributed by atoms with Crippen LogP contribution in [-0.4, -0.2) is 53.8 Å². The number of allylic oxidation sites excluding steroid dienone is 2. The van der Waals surface area contributed by atoms with Crippen molar-refractivity contribution in [1.29, 1.82) is 5.26 Å². The van der Waals surface area contributed by atoms with Gasteiger partial charge in [-0.05, 0) is 18.6 Å². The molecule has 1 aromatic carbocycles. The van der Waals surface area contributed by atoms with Crippen LogP contribution in [0.2, 0.25) is 5.02 Å². The number of ketones is 2. The predicted octanol–water partition coefficient (Wildman–Crippen LogP) is 2.26. The first kappa shape index (κ1) is 21.4. The molecular formula is C21H19ClN2O6. The largest absolute Gasteiger partial charge is 0.507 e. The molecule has 0 bridgehead atoms. The Hall–Kier alpha value is -3.31. The molecule has 0 saturated carbocycles. The van der Waals surface area contributed by atoms with Gasteiger partial charge >= 0.3 is 5.97 Å². The number of rotatable bonds is 7. The summed E-state index contributed by atoms with van der Waals surface area (Å²) in [6, 6.07) is 4.39. The molecule has 1 aliphatic heterocycles. The number of benzene rings is 1. The molecule has 0 radical (unpaired) electrons. The zero-order chi connectivity index (χ0) is 21.8. The van der Waals surface area contributed by atoms with Crippen LogP contribution in [0.15, 0.2) is 36.1 Å². The Labute approximate surface area is 177 Å². The molecule has 9 heteroatoms. The number of hydrogen-bond donors (Lipinski definition) is 1. The van der Waals surface area contributed by atoms with Gasteiger partial charge in [0.15, 0.2) is 18.2 Å². The van der Waals surface area contributed by atoms with Gasteiger partial charge in [0, 0.05) is 18.8 Å². The molecule has 156 valence electrons. The molecule has 0 fully saturated rings. The van der Waals surface area contributed by atoms with Gasteiger partial charge in [-0.2, -0.15) is 5.26 Å². The number of nitrogens with zero attached hydrogens (tertiary/aromatic N) is 2. The van der Waals surface area contributed by atoms with Crippen LogP contribution in [0.1, 0.15) is 17.3 Å². The molecule has 3 rings (SSSR count). The first-order chi connectivity index (χ1) is 14.3. The number of ether oxygens (including phenoxy) is 2.